The Morgan fingerprint density at radius 2 is 1.60 bits per heavy atom. The van der Waals surface area contributed by atoms with E-state index in [1.165, 1.54) is 53.9 Å². The van der Waals surface area contributed by atoms with Crippen molar-refractivity contribution >= 4 is 21.6 Å². The van der Waals surface area contributed by atoms with E-state index in [4.69, 9.17) is 10.5 Å². The first kappa shape index (κ1) is 35.0. The Bertz CT molecular complexity index is 1840. The van der Waals surface area contributed by atoms with E-state index in [1.807, 2.05) is 0 Å². The number of amides is 1. The summed E-state index contributed by atoms with van der Waals surface area (Å²) in [4.78, 5) is 13.7. The van der Waals surface area contributed by atoms with Crippen molar-refractivity contribution in [3.8, 4) is 5.75 Å². The number of sulfonamides is 1. The third-order valence-electron chi connectivity index (χ3n) is 8.49. The summed E-state index contributed by atoms with van der Waals surface area (Å²) in [7, 11) is -2.44. The number of benzene rings is 4. The Balaban J connectivity index is 1.39. The molecule has 48 heavy (non-hydrogen) atoms. The number of nitrogens with zero attached hydrogens (tertiary/aromatic N) is 1. The molecule has 0 aromatic heterocycles. The summed E-state index contributed by atoms with van der Waals surface area (Å²) in [5.74, 6) is -4.29. The fraction of sp³-hybridized carbons (Fsp3) is 0.286. The molecule has 254 valence electrons. The highest BCUT2D eigenvalue weighted by Crippen LogP contribution is 2.32. The number of carbonyl (C=O) groups is 1. The smallest absolute Gasteiger partial charge is 0.243 e. The molecule has 1 saturated heterocycles. The molecule has 1 aliphatic rings. The first-order chi connectivity index (χ1) is 22.9. The number of ether oxygens (including phenoxy) is 1. The van der Waals surface area contributed by atoms with Crippen LogP contribution in [0.2, 0.25) is 0 Å². The highest BCUT2D eigenvalue weighted by Gasteiger charge is 2.38. The van der Waals surface area contributed by atoms with Gasteiger partial charge in [-0.05, 0) is 91.6 Å². The molecule has 1 heterocycles. The van der Waals surface area contributed by atoms with Gasteiger partial charge in [0.2, 0.25) is 15.9 Å². The normalized spacial score (nSPS) is 18.2. The van der Waals surface area contributed by atoms with Crippen LogP contribution in [0.1, 0.15) is 36.0 Å². The van der Waals surface area contributed by atoms with Crippen LogP contribution in [-0.4, -0.2) is 57.0 Å². The van der Waals surface area contributed by atoms with Gasteiger partial charge in [-0.15, -0.1) is 0 Å². The number of halogens is 4. The average Bonchev–Trinajstić information content (AvgIpc) is 3.05. The summed E-state index contributed by atoms with van der Waals surface area (Å²) >= 11 is 0. The van der Waals surface area contributed by atoms with Gasteiger partial charge in [0.25, 0.3) is 0 Å². The average molecular weight is 685 g/mol. The summed E-state index contributed by atoms with van der Waals surface area (Å²) < 4.78 is 91.7. The van der Waals surface area contributed by atoms with Crippen molar-refractivity contribution in [2.24, 2.45) is 5.73 Å². The minimum atomic E-state index is -3.93. The fourth-order valence-corrected chi connectivity index (χ4v) is 8.01. The lowest BCUT2D eigenvalue weighted by atomic mass is 9.84. The van der Waals surface area contributed by atoms with E-state index < -0.39 is 63.2 Å². The number of nitrogens with two attached hydrogens (primary N) is 1. The Labute approximate surface area is 277 Å². The first-order valence-corrected chi connectivity index (χ1v) is 16.8. The van der Waals surface area contributed by atoms with Crippen molar-refractivity contribution in [3.63, 3.8) is 0 Å². The lowest BCUT2D eigenvalue weighted by Crippen LogP contribution is -2.58. The van der Waals surface area contributed by atoms with Gasteiger partial charge in [0, 0.05) is 48.4 Å². The molecule has 1 fully saturated rings. The monoisotopic (exact) mass is 684 g/mol. The number of hydrogen-bond acceptors (Lipinski definition) is 6. The van der Waals surface area contributed by atoms with E-state index in [0.29, 0.717) is 30.5 Å². The van der Waals surface area contributed by atoms with Gasteiger partial charge in [-0.25, -0.2) is 26.0 Å². The van der Waals surface area contributed by atoms with Gasteiger partial charge in [-0.1, -0.05) is 18.2 Å². The molecule has 5 rings (SSSR count). The zero-order valence-electron chi connectivity index (χ0n) is 26.3. The van der Waals surface area contributed by atoms with E-state index in [9.17, 15) is 26.4 Å². The number of anilines is 1. The highest BCUT2D eigenvalue weighted by molar-refractivity contribution is 7.89. The zero-order chi connectivity index (χ0) is 34.6. The Morgan fingerprint density at radius 1 is 0.938 bits per heavy atom. The van der Waals surface area contributed by atoms with Crippen LogP contribution in [0.15, 0.2) is 89.8 Å². The second-order valence-electron chi connectivity index (χ2n) is 11.7. The Hall–Kier alpha value is -4.30. The molecular weight excluding hydrogens is 648 g/mol. The maximum atomic E-state index is 15.4. The van der Waals surface area contributed by atoms with Crippen LogP contribution in [0.3, 0.4) is 0 Å². The first-order valence-electron chi connectivity index (χ1n) is 15.3. The van der Waals surface area contributed by atoms with Crippen molar-refractivity contribution in [1.29, 1.82) is 0 Å². The van der Waals surface area contributed by atoms with Crippen LogP contribution in [0.25, 0.3) is 0 Å². The lowest BCUT2D eigenvalue weighted by Gasteiger charge is -2.40. The maximum absolute atomic E-state index is 15.4. The fourth-order valence-electron chi connectivity index (χ4n) is 6.17. The molecule has 4 atom stereocenters. The number of rotatable bonds is 11. The van der Waals surface area contributed by atoms with Gasteiger partial charge < -0.3 is 21.1 Å². The van der Waals surface area contributed by atoms with Crippen LogP contribution in [0, 0.1) is 23.3 Å². The predicted octanol–water partition coefficient (Wildman–Crippen LogP) is 5.33. The van der Waals surface area contributed by atoms with Gasteiger partial charge in [-0.3, -0.25) is 4.79 Å². The lowest BCUT2D eigenvalue weighted by molar-refractivity contribution is -0.117. The largest absolute Gasteiger partial charge is 0.497 e. The second kappa shape index (κ2) is 14.9. The number of carbonyl (C=O) groups excluding carboxylic acids is 1. The second-order valence-corrected chi connectivity index (χ2v) is 13.6. The van der Waals surface area contributed by atoms with Crippen LogP contribution < -0.4 is 21.1 Å². The molecule has 0 aliphatic carbocycles. The van der Waals surface area contributed by atoms with Crippen molar-refractivity contribution in [2.45, 2.75) is 48.7 Å². The summed E-state index contributed by atoms with van der Waals surface area (Å²) in [5, 5.41) is 5.90. The van der Waals surface area contributed by atoms with Gasteiger partial charge in [0.15, 0.2) is 0 Å². The SMILES string of the molecule is COc1ccc(S(=O)(=O)N2[C@@H](CCc3c(F)cccc3NC(=O)[C@@H](N)[C@@H](c3ccc(F)cc3)c3cc(F)cc(F)c3)CNC[C@H]2C)cc1. The molecule has 0 spiro atoms. The number of methoxy groups -OCH3 is 1. The topological polar surface area (TPSA) is 114 Å². The molecule has 4 aromatic rings. The summed E-state index contributed by atoms with van der Waals surface area (Å²) in [5.41, 5.74) is 7.04. The number of nitrogens with one attached hydrogen (secondary N) is 2. The van der Waals surface area contributed by atoms with E-state index in [1.54, 1.807) is 19.1 Å². The molecule has 0 bridgehead atoms. The van der Waals surface area contributed by atoms with E-state index in [0.717, 1.165) is 24.3 Å². The van der Waals surface area contributed by atoms with Crippen LogP contribution in [-0.2, 0) is 21.2 Å². The molecule has 1 aliphatic heterocycles. The molecule has 0 saturated carbocycles. The number of piperazine rings is 1. The maximum Gasteiger partial charge on any atom is 0.243 e. The minimum Gasteiger partial charge on any atom is -0.497 e. The molecule has 0 radical (unpaired) electrons. The van der Waals surface area contributed by atoms with Crippen molar-refractivity contribution < 1.29 is 35.5 Å². The van der Waals surface area contributed by atoms with Crippen LogP contribution in [0.5, 0.6) is 5.75 Å². The zero-order valence-corrected chi connectivity index (χ0v) is 27.1. The summed E-state index contributed by atoms with van der Waals surface area (Å²) in [6.45, 7) is 2.54. The van der Waals surface area contributed by atoms with E-state index in [-0.39, 0.29) is 34.6 Å². The summed E-state index contributed by atoms with van der Waals surface area (Å²) in [6, 6.07) is 15.7. The molecule has 1 amide bonds. The third-order valence-corrected chi connectivity index (χ3v) is 10.6. The van der Waals surface area contributed by atoms with Crippen LogP contribution in [0.4, 0.5) is 23.2 Å². The standard InChI is InChI=1S/C35H36F4N4O4S/c1-21-19-41-20-27(43(21)48(45,46)29-13-11-28(47-2)12-14-29)10-15-30-31(39)4-3-5-32(30)42-35(44)34(40)33(22-6-8-24(36)9-7-22)23-16-25(37)18-26(38)17-23/h3-9,11-14,16-18,21,27,33-34,41H,10,15,19-20,40H2,1-2H3,(H,42,44)/t21-,27+,33+,34+/m1/s1. The number of hydrogen-bond donors (Lipinski definition) is 3. The molecular formula is C35H36F4N4O4S. The van der Waals surface area contributed by atoms with Gasteiger partial charge in [-0.2, -0.15) is 4.31 Å². The molecule has 0 unspecified atom stereocenters. The highest BCUT2D eigenvalue weighted by atomic mass is 32.2. The minimum absolute atomic E-state index is 0.0540. The third kappa shape index (κ3) is 7.70. The van der Waals surface area contributed by atoms with Crippen LogP contribution >= 0.6 is 0 Å². The quantitative estimate of drug-likeness (QED) is 0.184. The van der Waals surface area contributed by atoms with Crippen molar-refractivity contribution in [2.75, 3.05) is 25.5 Å². The Morgan fingerprint density at radius 3 is 2.25 bits per heavy atom. The van der Waals surface area contributed by atoms with Gasteiger partial charge in [0.05, 0.1) is 18.0 Å². The van der Waals surface area contributed by atoms with E-state index in [2.05, 4.69) is 10.6 Å². The van der Waals surface area contributed by atoms with E-state index >= 15 is 4.39 Å². The Kier molecular flexibility index (Phi) is 10.8. The molecule has 4 N–H and O–H groups in total. The van der Waals surface area contributed by atoms with Crippen molar-refractivity contribution in [3.05, 3.63) is 125 Å². The molecule has 8 nitrogen and oxygen atoms in total. The molecule has 4 aromatic carbocycles. The summed E-state index contributed by atoms with van der Waals surface area (Å²) in [6.07, 6.45) is 0.269. The van der Waals surface area contributed by atoms with Gasteiger partial charge >= 0.3 is 0 Å². The predicted molar refractivity (Wildman–Crippen MR) is 174 cm³/mol. The van der Waals surface area contributed by atoms with Crippen molar-refractivity contribution in [1.82, 2.24) is 9.62 Å². The molecule has 13 heteroatoms. The van der Waals surface area contributed by atoms with Gasteiger partial charge in [0.1, 0.15) is 29.0 Å².